The molecule has 0 saturated heterocycles. The van der Waals surface area contributed by atoms with Gasteiger partial charge in [0.1, 0.15) is 0 Å². The minimum atomic E-state index is 0.267. The lowest BCUT2D eigenvalue weighted by Crippen LogP contribution is -2.27. The Bertz CT molecular complexity index is 244. The van der Waals surface area contributed by atoms with Gasteiger partial charge in [-0.15, -0.1) is 0 Å². The van der Waals surface area contributed by atoms with E-state index in [1.165, 1.54) is 51.4 Å². The van der Waals surface area contributed by atoms with Crippen molar-refractivity contribution in [3.8, 4) is 0 Å². The Morgan fingerprint density at radius 2 is 1.32 bits per heavy atom. The third kappa shape index (κ3) is 14.4. The number of unbranched alkanes of at least 4 members (excludes halogenated alkanes) is 8. The largest absolute Gasteiger partial charge is 0.381 e. The molecule has 0 saturated carbocycles. The predicted octanol–water partition coefficient (Wildman–Crippen LogP) is 5.18. The number of carbonyl (C=O) groups is 1. The van der Waals surface area contributed by atoms with Crippen molar-refractivity contribution in [1.29, 1.82) is 0 Å². The quantitative estimate of drug-likeness (QED) is 0.367. The summed E-state index contributed by atoms with van der Waals surface area (Å²) in [5, 5.41) is 0. The van der Waals surface area contributed by atoms with Gasteiger partial charge in [-0.2, -0.15) is 0 Å². The molecule has 0 radical (unpaired) electrons. The van der Waals surface area contributed by atoms with E-state index in [1.807, 2.05) is 11.9 Å². The number of amides is 1. The molecule has 132 valence electrons. The molecule has 0 aromatic carbocycles. The van der Waals surface area contributed by atoms with E-state index >= 15 is 0 Å². The van der Waals surface area contributed by atoms with Crippen LogP contribution in [0.4, 0.5) is 0 Å². The van der Waals surface area contributed by atoms with E-state index in [9.17, 15) is 4.79 Å². The second kappa shape index (κ2) is 16.8. The van der Waals surface area contributed by atoms with Crippen LogP contribution in [-0.4, -0.2) is 37.6 Å². The number of carbonyl (C=O) groups excluding carboxylic acids is 1. The molecule has 0 aliphatic rings. The van der Waals surface area contributed by atoms with Crippen LogP contribution >= 0.6 is 0 Å². The Kier molecular flexibility index (Phi) is 16.4. The van der Waals surface area contributed by atoms with Crippen LogP contribution < -0.4 is 0 Å². The lowest BCUT2D eigenvalue weighted by molar-refractivity contribution is -0.130. The first kappa shape index (κ1) is 21.4. The smallest absolute Gasteiger partial charge is 0.222 e. The van der Waals surface area contributed by atoms with Crippen LogP contribution in [0.3, 0.4) is 0 Å². The second-order valence-corrected chi connectivity index (χ2v) is 6.36. The van der Waals surface area contributed by atoms with Crippen molar-refractivity contribution in [2.45, 2.75) is 90.9 Å². The minimum absolute atomic E-state index is 0.267. The fraction of sp³-hybridized carbons (Fsp3) is 0.947. The Morgan fingerprint density at radius 3 is 2.00 bits per heavy atom. The van der Waals surface area contributed by atoms with Gasteiger partial charge in [-0.25, -0.2) is 0 Å². The summed E-state index contributed by atoms with van der Waals surface area (Å²) >= 11 is 0. The van der Waals surface area contributed by atoms with E-state index in [-0.39, 0.29) is 5.91 Å². The molecule has 1 amide bonds. The van der Waals surface area contributed by atoms with E-state index in [0.717, 1.165) is 39.0 Å². The Morgan fingerprint density at radius 1 is 0.773 bits per heavy atom. The molecule has 0 fully saturated rings. The molecule has 0 aromatic heterocycles. The lowest BCUT2D eigenvalue weighted by Gasteiger charge is -2.17. The van der Waals surface area contributed by atoms with Crippen molar-refractivity contribution in [2.75, 3.05) is 26.8 Å². The van der Waals surface area contributed by atoms with Gasteiger partial charge in [0.25, 0.3) is 0 Å². The lowest BCUT2D eigenvalue weighted by atomic mass is 10.1. The summed E-state index contributed by atoms with van der Waals surface area (Å²) in [5.74, 6) is 0.267. The van der Waals surface area contributed by atoms with E-state index in [2.05, 4.69) is 13.8 Å². The van der Waals surface area contributed by atoms with Gasteiger partial charge in [-0.05, 0) is 19.3 Å². The number of ether oxygens (including phenoxy) is 1. The molecule has 0 unspecified atom stereocenters. The van der Waals surface area contributed by atoms with E-state index in [0.29, 0.717) is 6.42 Å². The van der Waals surface area contributed by atoms with Crippen LogP contribution in [0, 0.1) is 0 Å². The van der Waals surface area contributed by atoms with Gasteiger partial charge in [0.2, 0.25) is 5.91 Å². The van der Waals surface area contributed by atoms with Crippen molar-refractivity contribution in [1.82, 2.24) is 4.90 Å². The first-order chi connectivity index (χ1) is 10.7. The number of hydrogen-bond acceptors (Lipinski definition) is 2. The van der Waals surface area contributed by atoms with Crippen LogP contribution in [0.25, 0.3) is 0 Å². The molecule has 0 aromatic rings. The number of nitrogens with zero attached hydrogens (tertiary/aromatic N) is 1. The molecule has 3 nitrogen and oxygen atoms in total. The zero-order valence-electron chi connectivity index (χ0n) is 15.4. The minimum Gasteiger partial charge on any atom is -0.381 e. The Balaban J connectivity index is 3.35. The SMILES string of the molecule is CCCCCCCCN(C)C(=O)CCCOCCCCCC. The van der Waals surface area contributed by atoms with Crippen LogP contribution in [0.2, 0.25) is 0 Å². The average Bonchev–Trinajstić information content (AvgIpc) is 2.52. The summed E-state index contributed by atoms with van der Waals surface area (Å²) in [6.07, 6.45) is 14.1. The first-order valence-electron chi connectivity index (χ1n) is 9.54. The monoisotopic (exact) mass is 313 g/mol. The van der Waals surface area contributed by atoms with Crippen LogP contribution in [-0.2, 0) is 9.53 Å². The fourth-order valence-corrected chi connectivity index (χ4v) is 2.50. The van der Waals surface area contributed by atoms with Gasteiger partial charge in [0, 0.05) is 33.2 Å². The van der Waals surface area contributed by atoms with Gasteiger partial charge in [-0.1, -0.05) is 65.2 Å². The van der Waals surface area contributed by atoms with E-state index in [1.54, 1.807) is 0 Å². The normalized spacial score (nSPS) is 10.9. The molecule has 0 bridgehead atoms. The van der Waals surface area contributed by atoms with Crippen LogP contribution in [0.1, 0.15) is 90.9 Å². The molecule has 0 rings (SSSR count). The summed E-state index contributed by atoms with van der Waals surface area (Å²) in [5.41, 5.74) is 0. The highest BCUT2D eigenvalue weighted by atomic mass is 16.5. The maximum atomic E-state index is 12.0. The topological polar surface area (TPSA) is 29.5 Å². The second-order valence-electron chi connectivity index (χ2n) is 6.36. The van der Waals surface area contributed by atoms with Crippen LogP contribution in [0.5, 0.6) is 0 Å². The molecular weight excluding hydrogens is 274 g/mol. The van der Waals surface area contributed by atoms with E-state index < -0.39 is 0 Å². The standard InChI is InChI=1S/C19H39NO2/c1-4-6-8-10-11-12-16-20(3)19(21)15-14-18-22-17-13-9-7-5-2/h4-18H2,1-3H3. The molecule has 0 aliphatic carbocycles. The van der Waals surface area contributed by atoms with Gasteiger partial charge >= 0.3 is 0 Å². The summed E-state index contributed by atoms with van der Waals surface area (Å²) in [6.45, 7) is 6.93. The maximum absolute atomic E-state index is 12.0. The predicted molar refractivity (Wildman–Crippen MR) is 95.2 cm³/mol. The molecule has 0 N–H and O–H groups in total. The van der Waals surface area contributed by atoms with Gasteiger partial charge in [0.05, 0.1) is 0 Å². The van der Waals surface area contributed by atoms with Gasteiger partial charge in [0.15, 0.2) is 0 Å². The molecule has 0 aliphatic heterocycles. The van der Waals surface area contributed by atoms with E-state index in [4.69, 9.17) is 4.74 Å². The third-order valence-corrected chi connectivity index (χ3v) is 4.09. The van der Waals surface area contributed by atoms with Crippen molar-refractivity contribution in [3.05, 3.63) is 0 Å². The average molecular weight is 314 g/mol. The van der Waals surface area contributed by atoms with Crippen LogP contribution in [0.15, 0.2) is 0 Å². The highest BCUT2D eigenvalue weighted by molar-refractivity contribution is 5.75. The molecule has 3 heteroatoms. The molecule has 22 heavy (non-hydrogen) atoms. The highest BCUT2D eigenvalue weighted by Crippen LogP contribution is 2.06. The van der Waals surface area contributed by atoms with Gasteiger partial charge < -0.3 is 9.64 Å². The number of hydrogen-bond donors (Lipinski definition) is 0. The molecular formula is C19H39NO2. The maximum Gasteiger partial charge on any atom is 0.222 e. The van der Waals surface area contributed by atoms with Crippen molar-refractivity contribution >= 4 is 5.91 Å². The summed E-state index contributed by atoms with van der Waals surface area (Å²) < 4.78 is 5.58. The summed E-state index contributed by atoms with van der Waals surface area (Å²) in [7, 11) is 1.93. The zero-order chi connectivity index (χ0) is 16.5. The Labute approximate surface area is 138 Å². The fourth-order valence-electron chi connectivity index (χ4n) is 2.50. The highest BCUT2D eigenvalue weighted by Gasteiger charge is 2.07. The van der Waals surface area contributed by atoms with Crippen molar-refractivity contribution in [3.63, 3.8) is 0 Å². The third-order valence-electron chi connectivity index (χ3n) is 4.09. The summed E-state index contributed by atoms with van der Waals surface area (Å²) in [4.78, 5) is 13.8. The zero-order valence-corrected chi connectivity index (χ0v) is 15.4. The van der Waals surface area contributed by atoms with Gasteiger partial charge in [-0.3, -0.25) is 4.79 Å². The summed E-state index contributed by atoms with van der Waals surface area (Å²) in [6, 6.07) is 0. The first-order valence-corrected chi connectivity index (χ1v) is 9.54. The Hall–Kier alpha value is -0.570. The van der Waals surface area contributed by atoms with Crippen molar-refractivity contribution in [2.24, 2.45) is 0 Å². The number of rotatable bonds is 16. The van der Waals surface area contributed by atoms with Crippen molar-refractivity contribution < 1.29 is 9.53 Å². The molecule has 0 atom stereocenters. The molecule has 0 heterocycles. The molecule has 0 spiro atoms.